The second-order valence-electron chi connectivity index (χ2n) is 7.76. The summed E-state index contributed by atoms with van der Waals surface area (Å²) < 4.78 is 19.4. The number of hydrogen-bond acceptors (Lipinski definition) is 4. The third kappa shape index (κ3) is 3.77. The predicted molar refractivity (Wildman–Crippen MR) is 119 cm³/mol. The second kappa shape index (κ2) is 8.84. The average Bonchev–Trinajstić information content (AvgIpc) is 3.16. The molecule has 5 heteroatoms. The van der Waals surface area contributed by atoms with E-state index < -0.39 is 0 Å². The van der Waals surface area contributed by atoms with Crippen molar-refractivity contribution < 1.29 is 14.2 Å². The number of fused-ring (bicyclic) bond motifs is 1. The highest BCUT2D eigenvalue weighted by Gasteiger charge is 2.31. The summed E-state index contributed by atoms with van der Waals surface area (Å²) in [5, 5.41) is 0. The van der Waals surface area contributed by atoms with E-state index in [2.05, 4.69) is 65.1 Å². The lowest BCUT2D eigenvalue weighted by Crippen LogP contribution is -2.30. The Labute approximate surface area is 178 Å². The molecule has 158 valence electrons. The molecule has 1 aliphatic rings. The molecule has 0 unspecified atom stereocenters. The number of rotatable bonds is 6. The molecular weight excluding hydrogens is 376 g/mol. The Hall–Kier alpha value is -2.92. The molecule has 0 aliphatic carbocycles. The lowest BCUT2D eigenvalue weighted by atomic mass is 9.98. The summed E-state index contributed by atoms with van der Waals surface area (Å²) in [6.07, 6.45) is 3.27. The standard InChI is InChI=1S/C25H30N2O3/c1-18-8-10-19(11-9-18)17-27-16-6-15-26-14-5-7-21(26)23(27)20-12-13-22(28-2)25(30-4)24(20)29-3/h5,7-14,23H,6,15-17H2,1-4H3/t23-/m0/s1. The summed E-state index contributed by atoms with van der Waals surface area (Å²) in [5.41, 5.74) is 4.95. The van der Waals surface area contributed by atoms with Gasteiger partial charge in [-0.1, -0.05) is 29.8 Å². The van der Waals surface area contributed by atoms with Crippen LogP contribution in [0.4, 0.5) is 0 Å². The van der Waals surface area contributed by atoms with Crippen molar-refractivity contribution in [2.24, 2.45) is 0 Å². The predicted octanol–water partition coefficient (Wildman–Crippen LogP) is 4.82. The van der Waals surface area contributed by atoms with Crippen molar-refractivity contribution >= 4 is 0 Å². The van der Waals surface area contributed by atoms with Crippen LogP contribution in [0.3, 0.4) is 0 Å². The van der Waals surface area contributed by atoms with Gasteiger partial charge < -0.3 is 18.8 Å². The molecule has 0 fully saturated rings. The molecule has 2 heterocycles. The summed E-state index contributed by atoms with van der Waals surface area (Å²) in [5.74, 6) is 2.03. The molecule has 0 amide bonds. The Kier molecular flexibility index (Phi) is 6.00. The lowest BCUT2D eigenvalue weighted by Gasteiger charge is -2.32. The van der Waals surface area contributed by atoms with E-state index in [4.69, 9.17) is 14.2 Å². The van der Waals surface area contributed by atoms with Gasteiger partial charge in [0.05, 0.1) is 27.4 Å². The van der Waals surface area contributed by atoms with Crippen molar-refractivity contribution in [2.75, 3.05) is 27.9 Å². The lowest BCUT2D eigenvalue weighted by molar-refractivity contribution is 0.214. The van der Waals surface area contributed by atoms with Crippen LogP contribution in [0.5, 0.6) is 17.2 Å². The van der Waals surface area contributed by atoms with Crippen molar-refractivity contribution in [3.05, 3.63) is 77.1 Å². The Morgan fingerprint density at radius 2 is 1.63 bits per heavy atom. The second-order valence-corrected chi connectivity index (χ2v) is 7.76. The Morgan fingerprint density at radius 3 is 2.33 bits per heavy atom. The molecule has 30 heavy (non-hydrogen) atoms. The van der Waals surface area contributed by atoms with Gasteiger partial charge in [-0.2, -0.15) is 0 Å². The van der Waals surface area contributed by atoms with Crippen LogP contribution in [0.15, 0.2) is 54.7 Å². The van der Waals surface area contributed by atoms with E-state index in [-0.39, 0.29) is 6.04 Å². The van der Waals surface area contributed by atoms with Crippen molar-refractivity contribution in [2.45, 2.75) is 32.5 Å². The first-order valence-corrected chi connectivity index (χ1v) is 10.4. The summed E-state index contributed by atoms with van der Waals surface area (Å²) in [4.78, 5) is 2.53. The largest absolute Gasteiger partial charge is 0.493 e. The molecule has 0 radical (unpaired) electrons. The number of benzene rings is 2. The van der Waals surface area contributed by atoms with Crippen LogP contribution in [0, 0.1) is 6.92 Å². The third-order valence-corrected chi connectivity index (χ3v) is 5.89. The maximum atomic E-state index is 5.87. The number of aromatic nitrogens is 1. The van der Waals surface area contributed by atoms with Gasteiger partial charge in [0.2, 0.25) is 5.75 Å². The van der Waals surface area contributed by atoms with E-state index in [1.165, 1.54) is 16.8 Å². The van der Waals surface area contributed by atoms with Gasteiger partial charge >= 0.3 is 0 Å². The Balaban J connectivity index is 1.83. The van der Waals surface area contributed by atoms with Crippen LogP contribution >= 0.6 is 0 Å². The first kappa shape index (κ1) is 20.4. The van der Waals surface area contributed by atoms with E-state index in [9.17, 15) is 0 Å². The highest BCUT2D eigenvalue weighted by molar-refractivity contribution is 5.58. The van der Waals surface area contributed by atoms with E-state index in [1.54, 1.807) is 21.3 Å². The minimum Gasteiger partial charge on any atom is -0.493 e. The van der Waals surface area contributed by atoms with E-state index in [0.717, 1.165) is 37.4 Å². The SMILES string of the molecule is COc1ccc([C@H]2c3cccn3CCCN2Cc2ccc(C)cc2)c(OC)c1OC. The van der Waals surface area contributed by atoms with Gasteiger partial charge in [-0.3, -0.25) is 4.90 Å². The van der Waals surface area contributed by atoms with Crippen LogP contribution in [0.1, 0.15) is 34.8 Å². The monoisotopic (exact) mass is 406 g/mol. The minimum absolute atomic E-state index is 0.0542. The Morgan fingerprint density at radius 1 is 0.867 bits per heavy atom. The summed E-state index contributed by atoms with van der Waals surface area (Å²) in [7, 11) is 5.00. The molecule has 1 aromatic heterocycles. The maximum absolute atomic E-state index is 5.87. The molecule has 0 bridgehead atoms. The van der Waals surface area contributed by atoms with Crippen LogP contribution in [0.25, 0.3) is 0 Å². The van der Waals surface area contributed by atoms with Crippen molar-refractivity contribution in [1.29, 1.82) is 0 Å². The summed E-state index contributed by atoms with van der Waals surface area (Å²) in [6, 6.07) is 17.3. The van der Waals surface area contributed by atoms with Gasteiger partial charge in [0.1, 0.15) is 0 Å². The van der Waals surface area contributed by atoms with Crippen LogP contribution in [0.2, 0.25) is 0 Å². The zero-order valence-corrected chi connectivity index (χ0v) is 18.2. The zero-order valence-electron chi connectivity index (χ0n) is 18.2. The number of nitrogens with zero attached hydrogens (tertiary/aromatic N) is 2. The van der Waals surface area contributed by atoms with Crippen LogP contribution < -0.4 is 14.2 Å². The molecule has 1 aliphatic heterocycles. The van der Waals surface area contributed by atoms with E-state index in [1.807, 2.05) is 6.07 Å². The summed E-state index contributed by atoms with van der Waals surface area (Å²) >= 11 is 0. The average molecular weight is 407 g/mol. The van der Waals surface area contributed by atoms with Gasteiger partial charge in [-0.05, 0) is 43.2 Å². The molecule has 4 rings (SSSR count). The quantitative estimate of drug-likeness (QED) is 0.588. The smallest absolute Gasteiger partial charge is 0.203 e. The first-order chi connectivity index (χ1) is 14.7. The fraction of sp³-hybridized carbons (Fsp3) is 0.360. The van der Waals surface area contributed by atoms with Crippen molar-refractivity contribution in [3.63, 3.8) is 0 Å². The molecular formula is C25H30N2O3. The topological polar surface area (TPSA) is 35.9 Å². The molecule has 1 atom stereocenters. The van der Waals surface area contributed by atoms with Crippen molar-refractivity contribution in [1.82, 2.24) is 9.47 Å². The molecule has 0 saturated carbocycles. The van der Waals surface area contributed by atoms with Gasteiger partial charge in [-0.15, -0.1) is 0 Å². The van der Waals surface area contributed by atoms with Gasteiger partial charge in [0, 0.05) is 37.1 Å². The first-order valence-electron chi connectivity index (χ1n) is 10.4. The van der Waals surface area contributed by atoms with Crippen LogP contribution in [-0.4, -0.2) is 37.3 Å². The molecule has 5 nitrogen and oxygen atoms in total. The van der Waals surface area contributed by atoms with Gasteiger partial charge in [0.25, 0.3) is 0 Å². The van der Waals surface area contributed by atoms with Crippen LogP contribution in [-0.2, 0) is 13.1 Å². The highest BCUT2D eigenvalue weighted by atomic mass is 16.5. The molecule has 2 aromatic carbocycles. The number of aryl methyl sites for hydroxylation is 2. The summed E-state index contributed by atoms with van der Waals surface area (Å²) in [6.45, 7) is 5.00. The van der Waals surface area contributed by atoms with E-state index >= 15 is 0 Å². The highest BCUT2D eigenvalue weighted by Crippen LogP contribution is 2.46. The number of ether oxygens (including phenoxy) is 3. The fourth-order valence-electron chi connectivity index (χ4n) is 4.43. The number of hydrogen-bond donors (Lipinski definition) is 0. The van der Waals surface area contributed by atoms with Gasteiger partial charge in [0.15, 0.2) is 11.5 Å². The zero-order chi connectivity index (χ0) is 21.1. The number of methoxy groups -OCH3 is 3. The normalized spacial score (nSPS) is 16.6. The fourth-order valence-corrected chi connectivity index (χ4v) is 4.43. The Bertz CT molecular complexity index is 994. The minimum atomic E-state index is 0.0542. The van der Waals surface area contributed by atoms with E-state index in [0.29, 0.717) is 11.5 Å². The molecule has 0 N–H and O–H groups in total. The maximum Gasteiger partial charge on any atom is 0.203 e. The molecule has 0 spiro atoms. The molecule has 3 aromatic rings. The van der Waals surface area contributed by atoms with Gasteiger partial charge in [-0.25, -0.2) is 0 Å². The molecule has 0 saturated heterocycles. The third-order valence-electron chi connectivity index (χ3n) is 5.89. The van der Waals surface area contributed by atoms with Crippen molar-refractivity contribution in [3.8, 4) is 17.2 Å².